The van der Waals surface area contributed by atoms with Crippen molar-refractivity contribution in [3.05, 3.63) is 47.9 Å². The van der Waals surface area contributed by atoms with Crippen LogP contribution in [-0.2, 0) is 15.9 Å². The molecule has 1 aromatic heterocycles. The molecule has 0 aliphatic carbocycles. The fourth-order valence-corrected chi connectivity index (χ4v) is 1.84. The van der Waals surface area contributed by atoms with Crippen molar-refractivity contribution in [2.45, 2.75) is 6.42 Å². The molecule has 0 aliphatic rings. The largest absolute Gasteiger partial charge is 0.464 e. The molecule has 6 heteroatoms. The summed E-state index contributed by atoms with van der Waals surface area (Å²) in [6.07, 6.45) is 3.71. The topological polar surface area (TPSA) is 73.3 Å². The van der Waals surface area contributed by atoms with E-state index in [1.54, 1.807) is 13.3 Å². The standard InChI is InChI=1S/C15H17N3O3/c1-20-8-7-11-5-3-4-6-12(11)17-14-10-16-9-13(18-14)15(19)21-2/h3-6,9-10H,7-8H2,1-2H3,(H,17,18). The van der Waals surface area contributed by atoms with E-state index in [4.69, 9.17) is 4.74 Å². The maximum atomic E-state index is 11.5. The first-order chi connectivity index (χ1) is 10.2. The second kappa shape index (κ2) is 7.35. The fourth-order valence-electron chi connectivity index (χ4n) is 1.84. The first-order valence-corrected chi connectivity index (χ1v) is 6.49. The minimum atomic E-state index is -0.515. The van der Waals surface area contributed by atoms with Crippen LogP contribution in [0.1, 0.15) is 16.1 Å². The molecule has 0 radical (unpaired) electrons. The molecule has 0 spiro atoms. The van der Waals surface area contributed by atoms with Crippen molar-refractivity contribution < 1.29 is 14.3 Å². The summed E-state index contributed by atoms with van der Waals surface area (Å²) in [7, 11) is 2.98. The van der Waals surface area contributed by atoms with E-state index in [0.717, 1.165) is 17.7 Å². The van der Waals surface area contributed by atoms with E-state index in [9.17, 15) is 4.79 Å². The summed E-state index contributed by atoms with van der Waals surface area (Å²) in [6.45, 7) is 0.632. The van der Waals surface area contributed by atoms with Gasteiger partial charge in [-0.05, 0) is 18.1 Å². The normalized spacial score (nSPS) is 10.2. The third-order valence-corrected chi connectivity index (χ3v) is 2.88. The van der Waals surface area contributed by atoms with Gasteiger partial charge in [-0.15, -0.1) is 0 Å². The average Bonchev–Trinajstić information content (AvgIpc) is 2.53. The number of nitrogens with zero attached hydrogens (tertiary/aromatic N) is 2. The van der Waals surface area contributed by atoms with Gasteiger partial charge in [-0.1, -0.05) is 18.2 Å². The third kappa shape index (κ3) is 4.00. The number of hydrogen-bond acceptors (Lipinski definition) is 6. The van der Waals surface area contributed by atoms with Gasteiger partial charge in [0.2, 0.25) is 0 Å². The van der Waals surface area contributed by atoms with E-state index in [0.29, 0.717) is 12.4 Å². The van der Waals surface area contributed by atoms with Gasteiger partial charge in [0, 0.05) is 12.8 Å². The second-order valence-corrected chi connectivity index (χ2v) is 4.31. The second-order valence-electron chi connectivity index (χ2n) is 4.31. The number of carbonyl (C=O) groups is 1. The fraction of sp³-hybridized carbons (Fsp3) is 0.267. The molecule has 0 amide bonds. The van der Waals surface area contributed by atoms with Gasteiger partial charge in [-0.3, -0.25) is 4.98 Å². The van der Waals surface area contributed by atoms with Crippen molar-refractivity contribution in [3.8, 4) is 0 Å². The number of hydrogen-bond donors (Lipinski definition) is 1. The first kappa shape index (κ1) is 14.9. The Kier molecular flexibility index (Phi) is 5.22. The van der Waals surface area contributed by atoms with Gasteiger partial charge < -0.3 is 14.8 Å². The van der Waals surface area contributed by atoms with Crippen LogP contribution in [-0.4, -0.2) is 36.8 Å². The van der Waals surface area contributed by atoms with Gasteiger partial charge in [0.15, 0.2) is 5.69 Å². The number of esters is 1. The Balaban J connectivity index is 2.20. The quantitative estimate of drug-likeness (QED) is 0.821. The monoisotopic (exact) mass is 287 g/mol. The highest BCUT2D eigenvalue weighted by Gasteiger charge is 2.09. The summed E-state index contributed by atoms with van der Waals surface area (Å²) in [6, 6.07) is 7.85. The summed E-state index contributed by atoms with van der Waals surface area (Å²) in [4.78, 5) is 19.6. The number of rotatable bonds is 6. The molecule has 0 bridgehead atoms. The van der Waals surface area contributed by atoms with Crippen LogP contribution in [0.25, 0.3) is 0 Å². The number of para-hydroxylation sites is 1. The number of aromatic nitrogens is 2. The molecule has 0 fully saturated rings. The highest BCUT2D eigenvalue weighted by atomic mass is 16.5. The zero-order valence-electron chi connectivity index (χ0n) is 12.0. The molecule has 0 saturated carbocycles. The summed E-state index contributed by atoms with van der Waals surface area (Å²) < 4.78 is 9.73. The maximum absolute atomic E-state index is 11.5. The number of benzene rings is 1. The zero-order valence-corrected chi connectivity index (χ0v) is 12.0. The molecular formula is C15H17N3O3. The number of anilines is 2. The van der Waals surface area contributed by atoms with Crippen molar-refractivity contribution in [2.24, 2.45) is 0 Å². The zero-order chi connectivity index (χ0) is 15.1. The van der Waals surface area contributed by atoms with Gasteiger partial charge in [0.05, 0.1) is 26.1 Å². The molecule has 2 aromatic rings. The highest BCUT2D eigenvalue weighted by Crippen LogP contribution is 2.20. The number of ether oxygens (including phenoxy) is 2. The Morgan fingerprint density at radius 3 is 2.81 bits per heavy atom. The Labute approximate surface area is 123 Å². The number of methoxy groups -OCH3 is 2. The Hall–Kier alpha value is -2.47. The van der Waals surface area contributed by atoms with Crippen LogP contribution in [0.15, 0.2) is 36.7 Å². The molecule has 21 heavy (non-hydrogen) atoms. The third-order valence-electron chi connectivity index (χ3n) is 2.88. The van der Waals surface area contributed by atoms with Crippen molar-refractivity contribution in [1.82, 2.24) is 9.97 Å². The molecule has 1 N–H and O–H groups in total. The summed E-state index contributed by atoms with van der Waals surface area (Å²) in [5.74, 6) is -0.0263. The lowest BCUT2D eigenvalue weighted by Gasteiger charge is -2.11. The van der Waals surface area contributed by atoms with Gasteiger partial charge in [-0.2, -0.15) is 0 Å². The molecular weight excluding hydrogens is 270 g/mol. The Morgan fingerprint density at radius 2 is 2.05 bits per heavy atom. The molecule has 110 valence electrons. The molecule has 0 atom stereocenters. The van der Waals surface area contributed by atoms with Crippen molar-refractivity contribution >= 4 is 17.5 Å². The van der Waals surface area contributed by atoms with Crippen LogP contribution in [0.2, 0.25) is 0 Å². The lowest BCUT2D eigenvalue weighted by Crippen LogP contribution is -2.07. The lowest BCUT2D eigenvalue weighted by atomic mass is 10.1. The van der Waals surface area contributed by atoms with E-state index < -0.39 is 5.97 Å². The lowest BCUT2D eigenvalue weighted by molar-refractivity contribution is 0.0593. The molecule has 0 aliphatic heterocycles. The number of carbonyl (C=O) groups excluding carboxylic acids is 1. The highest BCUT2D eigenvalue weighted by molar-refractivity contribution is 5.87. The van der Waals surface area contributed by atoms with Gasteiger partial charge in [-0.25, -0.2) is 9.78 Å². The molecule has 0 saturated heterocycles. The van der Waals surface area contributed by atoms with Crippen LogP contribution in [0.5, 0.6) is 0 Å². The predicted molar refractivity (Wildman–Crippen MR) is 78.7 cm³/mol. The molecule has 2 rings (SSSR count). The smallest absolute Gasteiger partial charge is 0.358 e. The van der Waals surface area contributed by atoms with Crippen LogP contribution >= 0.6 is 0 Å². The summed E-state index contributed by atoms with van der Waals surface area (Å²) in [5, 5.41) is 3.16. The molecule has 1 heterocycles. The predicted octanol–water partition coefficient (Wildman–Crippen LogP) is 2.20. The van der Waals surface area contributed by atoms with E-state index in [1.807, 2.05) is 24.3 Å². The van der Waals surface area contributed by atoms with E-state index >= 15 is 0 Å². The minimum Gasteiger partial charge on any atom is -0.464 e. The summed E-state index contributed by atoms with van der Waals surface area (Å²) in [5.41, 5.74) is 2.17. The Morgan fingerprint density at radius 1 is 1.24 bits per heavy atom. The van der Waals surface area contributed by atoms with Crippen LogP contribution in [0.4, 0.5) is 11.5 Å². The SMILES string of the molecule is COCCc1ccccc1Nc1cncc(C(=O)OC)n1. The molecule has 0 unspecified atom stereocenters. The molecule has 1 aromatic carbocycles. The number of nitrogens with one attached hydrogen (secondary N) is 1. The van der Waals surface area contributed by atoms with Crippen LogP contribution < -0.4 is 5.32 Å². The average molecular weight is 287 g/mol. The van der Waals surface area contributed by atoms with Gasteiger partial charge in [0.1, 0.15) is 5.82 Å². The van der Waals surface area contributed by atoms with Crippen molar-refractivity contribution in [2.75, 3.05) is 26.1 Å². The van der Waals surface area contributed by atoms with Crippen molar-refractivity contribution in [3.63, 3.8) is 0 Å². The molecule has 6 nitrogen and oxygen atoms in total. The van der Waals surface area contributed by atoms with E-state index in [-0.39, 0.29) is 5.69 Å². The van der Waals surface area contributed by atoms with Gasteiger partial charge >= 0.3 is 5.97 Å². The minimum absolute atomic E-state index is 0.164. The van der Waals surface area contributed by atoms with Crippen LogP contribution in [0, 0.1) is 0 Å². The van der Waals surface area contributed by atoms with Gasteiger partial charge in [0.25, 0.3) is 0 Å². The maximum Gasteiger partial charge on any atom is 0.358 e. The van der Waals surface area contributed by atoms with E-state index in [1.165, 1.54) is 13.3 Å². The van der Waals surface area contributed by atoms with E-state index in [2.05, 4.69) is 20.0 Å². The van der Waals surface area contributed by atoms with Crippen LogP contribution in [0.3, 0.4) is 0 Å². The summed E-state index contributed by atoms with van der Waals surface area (Å²) >= 11 is 0. The Bertz CT molecular complexity index is 617. The first-order valence-electron chi connectivity index (χ1n) is 6.49. The van der Waals surface area contributed by atoms with Crippen molar-refractivity contribution in [1.29, 1.82) is 0 Å².